The number of amides is 2. The summed E-state index contributed by atoms with van der Waals surface area (Å²) in [5.41, 5.74) is 2.57. The molecule has 0 spiro atoms. The van der Waals surface area contributed by atoms with Gasteiger partial charge in [0.2, 0.25) is 0 Å². The molecule has 0 unspecified atom stereocenters. The molecule has 1 aliphatic heterocycles. The van der Waals surface area contributed by atoms with Crippen molar-refractivity contribution in [3.05, 3.63) is 59.9 Å². The molecular formula is C16H16FN3O. The molecule has 1 aliphatic rings. The van der Waals surface area contributed by atoms with E-state index in [1.807, 2.05) is 24.3 Å². The van der Waals surface area contributed by atoms with Crippen LogP contribution in [0.4, 0.5) is 20.6 Å². The zero-order chi connectivity index (χ0) is 14.7. The first-order valence-electron chi connectivity index (χ1n) is 6.87. The van der Waals surface area contributed by atoms with Gasteiger partial charge in [0.15, 0.2) is 0 Å². The largest absolute Gasteiger partial charge is 0.326 e. The minimum Gasteiger partial charge on any atom is -0.311 e. The number of benzene rings is 2. The van der Waals surface area contributed by atoms with E-state index in [2.05, 4.69) is 10.6 Å². The van der Waals surface area contributed by atoms with E-state index in [1.54, 1.807) is 17.0 Å². The van der Waals surface area contributed by atoms with Gasteiger partial charge in [-0.1, -0.05) is 18.2 Å². The van der Waals surface area contributed by atoms with E-state index >= 15 is 0 Å². The van der Waals surface area contributed by atoms with E-state index in [9.17, 15) is 9.18 Å². The molecule has 2 amide bonds. The van der Waals surface area contributed by atoms with Crippen LogP contribution >= 0.6 is 0 Å². The zero-order valence-electron chi connectivity index (χ0n) is 11.5. The number of nitrogens with zero attached hydrogens (tertiary/aromatic N) is 1. The monoisotopic (exact) mass is 285 g/mol. The zero-order valence-corrected chi connectivity index (χ0v) is 11.5. The predicted molar refractivity (Wildman–Crippen MR) is 80.9 cm³/mol. The van der Waals surface area contributed by atoms with Gasteiger partial charge in [0.25, 0.3) is 0 Å². The molecule has 0 radical (unpaired) electrons. The number of rotatable bonds is 1. The second-order valence-corrected chi connectivity index (χ2v) is 4.89. The number of urea groups is 1. The average Bonchev–Trinajstić information content (AvgIpc) is 2.72. The summed E-state index contributed by atoms with van der Waals surface area (Å²) in [6, 6.07) is 13.4. The van der Waals surface area contributed by atoms with E-state index in [-0.39, 0.29) is 11.8 Å². The van der Waals surface area contributed by atoms with E-state index in [0.29, 0.717) is 12.2 Å². The second kappa shape index (κ2) is 5.93. The molecule has 0 fully saturated rings. The molecule has 0 aromatic heterocycles. The first-order chi connectivity index (χ1) is 10.2. The molecule has 0 saturated carbocycles. The molecule has 21 heavy (non-hydrogen) atoms. The van der Waals surface area contributed by atoms with Gasteiger partial charge in [-0.2, -0.15) is 0 Å². The third-order valence-corrected chi connectivity index (χ3v) is 3.45. The Morgan fingerprint density at radius 3 is 2.71 bits per heavy atom. The number of nitrogens with one attached hydrogen (secondary N) is 2. The Morgan fingerprint density at radius 1 is 1.14 bits per heavy atom. The lowest BCUT2D eigenvalue weighted by Gasteiger charge is -2.22. The number of anilines is 2. The van der Waals surface area contributed by atoms with Crippen LogP contribution in [0.25, 0.3) is 0 Å². The number of hydrogen-bond acceptors (Lipinski definition) is 2. The standard InChI is InChI=1S/C16H16FN3O/c17-13-5-7-14(8-6-13)19-16(21)20-10-9-18-11-12-3-1-2-4-15(12)20/h1-8,18H,9-11H2,(H,19,21). The number of fused-ring (bicyclic) bond motifs is 1. The van der Waals surface area contributed by atoms with Crippen molar-refractivity contribution in [2.45, 2.75) is 6.54 Å². The Bertz CT molecular complexity index is 642. The normalized spacial score (nSPS) is 14.2. The molecule has 0 aliphatic carbocycles. The number of halogens is 1. The van der Waals surface area contributed by atoms with Crippen LogP contribution in [-0.4, -0.2) is 19.1 Å². The molecule has 2 aromatic rings. The molecule has 5 heteroatoms. The fourth-order valence-electron chi connectivity index (χ4n) is 2.39. The van der Waals surface area contributed by atoms with Crippen molar-refractivity contribution in [1.29, 1.82) is 0 Å². The summed E-state index contributed by atoms with van der Waals surface area (Å²) in [5.74, 6) is -0.322. The van der Waals surface area contributed by atoms with Crippen LogP contribution in [0.15, 0.2) is 48.5 Å². The number of para-hydroxylation sites is 1. The summed E-state index contributed by atoms with van der Waals surface area (Å²) in [7, 11) is 0. The fraction of sp³-hybridized carbons (Fsp3) is 0.188. The maximum Gasteiger partial charge on any atom is 0.326 e. The smallest absolute Gasteiger partial charge is 0.311 e. The highest BCUT2D eigenvalue weighted by Crippen LogP contribution is 2.23. The second-order valence-electron chi connectivity index (χ2n) is 4.89. The Morgan fingerprint density at radius 2 is 1.90 bits per heavy atom. The lowest BCUT2D eigenvalue weighted by molar-refractivity contribution is 0.257. The van der Waals surface area contributed by atoms with Crippen LogP contribution in [0.3, 0.4) is 0 Å². The Kier molecular flexibility index (Phi) is 3.83. The van der Waals surface area contributed by atoms with Gasteiger partial charge in [-0.15, -0.1) is 0 Å². The molecule has 0 saturated heterocycles. The number of carbonyl (C=O) groups is 1. The van der Waals surface area contributed by atoms with Crippen LogP contribution in [0.5, 0.6) is 0 Å². The third-order valence-electron chi connectivity index (χ3n) is 3.45. The highest BCUT2D eigenvalue weighted by Gasteiger charge is 2.20. The van der Waals surface area contributed by atoms with Gasteiger partial charge in [-0.05, 0) is 35.9 Å². The SMILES string of the molecule is O=C(Nc1ccc(F)cc1)N1CCNCc2ccccc21. The Hall–Kier alpha value is -2.40. The van der Waals surface area contributed by atoms with Crippen LogP contribution in [-0.2, 0) is 6.54 Å². The van der Waals surface area contributed by atoms with Crippen LogP contribution in [0.1, 0.15) is 5.56 Å². The highest BCUT2D eigenvalue weighted by atomic mass is 19.1. The molecule has 3 rings (SSSR count). The molecule has 2 N–H and O–H groups in total. The summed E-state index contributed by atoms with van der Waals surface area (Å²) < 4.78 is 12.9. The summed E-state index contributed by atoms with van der Waals surface area (Å²) >= 11 is 0. The molecular weight excluding hydrogens is 269 g/mol. The first kappa shape index (κ1) is 13.6. The average molecular weight is 285 g/mol. The third kappa shape index (κ3) is 3.03. The fourth-order valence-corrected chi connectivity index (χ4v) is 2.39. The van der Waals surface area contributed by atoms with Gasteiger partial charge in [0, 0.05) is 31.0 Å². The molecule has 0 atom stereocenters. The van der Waals surface area contributed by atoms with Crippen molar-refractivity contribution in [1.82, 2.24) is 5.32 Å². The maximum atomic E-state index is 12.9. The quantitative estimate of drug-likeness (QED) is 0.846. The minimum absolute atomic E-state index is 0.210. The highest BCUT2D eigenvalue weighted by molar-refractivity contribution is 6.02. The molecule has 108 valence electrons. The minimum atomic E-state index is -0.322. The predicted octanol–water partition coefficient (Wildman–Crippen LogP) is 2.97. The Balaban J connectivity index is 1.82. The number of hydrogen-bond donors (Lipinski definition) is 2. The summed E-state index contributed by atoms with van der Waals surface area (Å²) in [6.07, 6.45) is 0. The van der Waals surface area contributed by atoms with Gasteiger partial charge >= 0.3 is 6.03 Å². The van der Waals surface area contributed by atoms with Crippen molar-refractivity contribution in [2.75, 3.05) is 23.3 Å². The Labute approximate surface area is 122 Å². The molecule has 4 nitrogen and oxygen atoms in total. The van der Waals surface area contributed by atoms with Gasteiger partial charge < -0.3 is 10.6 Å². The lowest BCUT2D eigenvalue weighted by Crippen LogP contribution is -2.38. The van der Waals surface area contributed by atoms with E-state index in [1.165, 1.54) is 12.1 Å². The van der Waals surface area contributed by atoms with Gasteiger partial charge in [0.05, 0.1) is 0 Å². The first-order valence-corrected chi connectivity index (χ1v) is 6.87. The van der Waals surface area contributed by atoms with Gasteiger partial charge in [-0.25, -0.2) is 9.18 Å². The molecule has 0 bridgehead atoms. The van der Waals surface area contributed by atoms with Crippen LogP contribution in [0.2, 0.25) is 0 Å². The van der Waals surface area contributed by atoms with Crippen molar-refractivity contribution in [3.63, 3.8) is 0 Å². The van der Waals surface area contributed by atoms with Crippen molar-refractivity contribution < 1.29 is 9.18 Å². The summed E-state index contributed by atoms with van der Waals surface area (Å²) in [5, 5.41) is 6.09. The van der Waals surface area contributed by atoms with Crippen LogP contribution in [0, 0.1) is 5.82 Å². The van der Waals surface area contributed by atoms with Crippen molar-refractivity contribution in [3.8, 4) is 0 Å². The van der Waals surface area contributed by atoms with Crippen molar-refractivity contribution in [2.24, 2.45) is 0 Å². The molecule has 1 heterocycles. The topological polar surface area (TPSA) is 44.4 Å². The summed E-state index contributed by atoms with van der Waals surface area (Å²) in [4.78, 5) is 14.2. The lowest BCUT2D eigenvalue weighted by atomic mass is 10.1. The van der Waals surface area contributed by atoms with Gasteiger partial charge in [-0.3, -0.25) is 4.90 Å². The van der Waals surface area contributed by atoms with Gasteiger partial charge in [0.1, 0.15) is 5.82 Å². The summed E-state index contributed by atoms with van der Waals surface area (Å²) in [6.45, 7) is 2.06. The van der Waals surface area contributed by atoms with E-state index < -0.39 is 0 Å². The number of carbonyl (C=O) groups excluding carboxylic acids is 1. The van der Waals surface area contributed by atoms with Crippen LogP contribution < -0.4 is 15.5 Å². The molecule has 2 aromatic carbocycles. The van der Waals surface area contributed by atoms with Crippen molar-refractivity contribution >= 4 is 17.4 Å². The van der Waals surface area contributed by atoms with E-state index in [0.717, 1.165) is 24.3 Å². The van der Waals surface area contributed by atoms with E-state index in [4.69, 9.17) is 0 Å². The maximum absolute atomic E-state index is 12.9.